The molecular weight excluding hydrogens is 320 g/mol. The van der Waals surface area contributed by atoms with Gasteiger partial charge in [0, 0.05) is 5.56 Å². The summed E-state index contributed by atoms with van der Waals surface area (Å²) >= 11 is 1.33. The summed E-state index contributed by atoms with van der Waals surface area (Å²) in [6.45, 7) is 1.98. The molecule has 0 saturated heterocycles. The van der Waals surface area contributed by atoms with Crippen molar-refractivity contribution in [3.63, 3.8) is 0 Å². The van der Waals surface area contributed by atoms with E-state index in [-0.39, 0.29) is 12.6 Å². The first kappa shape index (κ1) is 15.9. The Morgan fingerprint density at radius 1 is 1.17 bits per heavy atom. The predicted octanol–water partition coefficient (Wildman–Crippen LogP) is 4.35. The van der Waals surface area contributed by atoms with Gasteiger partial charge >= 0.3 is 5.97 Å². The van der Waals surface area contributed by atoms with Crippen LogP contribution in [0.2, 0.25) is 0 Å². The van der Waals surface area contributed by atoms with Crippen LogP contribution >= 0.6 is 11.3 Å². The van der Waals surface area contributed by atoms with Gasteiger partial charge in [-0.1, -0.05) is 42.5 Å². The van der Waals surface area contributed by atoms with Crippen LogP contribution in [0, 0.1) is 18.3 Å². The highest BCUT2D eigenvalue weighted by molar-refractivity contribution is 7.17. The van der Waals surface area contributed by atoms with Crippen molar-refractivity contribution < 1.29 is 9.53 Å². The zero-order valence-corrected chi connectivity index (χ0v) is 13.8. The van der Waals surface area contributed by atoms with Gasteiger partial charge in [0.1, 0.15) is 16.5 Å². The van der Waals surface area contributed by atoms with Crippen LogP contribution in [0.3, 0.4) is 0 Å². The van der Waals surface area contributed by atoms with E-state index >= 15 is 0 Å². The molecule has 3 rings (SSSR count). The molecule has 0 saturated carbocycles. The van der Waals surface area contributed by atoms with Crippen molar-refractivity contribution in [1.29, 1.82) is 5.26 Å². The van der Waals surface area contributed by atoms with Crippen molar-refractivity contribution in [3.05, 3.63) is 76.3 Å². The van der Waals surface area contributed by atoms with E-state index in [1.807, 2.05) is 30.3 Å². The van der Waals surface area contributed by atoms with Crippen LogP contribution in [-0.2, 0) is 11.3 Å². The number of rotatable bonds is 4. The quantitative estimate of drug-likeness (QED) is 0.666. The largest absolute Gasteiger partial charge is 0.457 e. The van der Waals surface area contributed by atoms with E-state index in [0.717, 1.165) is 16.1 Å². The summed E-state index contributed by atoms with van der Waals surface area (Å²) in [5.41, 5.74) is 3.07. The third kappa shape index (κ3) is 3.50. The molecule has 0 amide bonds. The number of thiazole rings is 1. The Labute approximate surface area is 144 Å². The predicted molar refractivity (Wildman–Crippen MR) is 92.6 cm³/mol. The number of aromatic nitrogens is 1. The lowest BCUT2D eigenvalue weighted by Crippen LogP contribution is -2.04. The van der Waals surface area contributed by atoms with Crippen molar-refractivity contribution in [3.8, 4) is 16.6 Å². The van der Waals surface area contributed by atoms with Crippen LogP contribution in [-0.4, -0.2) is 11.0 Å². The number of ether oxygens (including phenoxy) is 1. The lowest BCUT2D eigenvalue weighted by molar-refractivity contribution is 0.0477. The maximum Gasteiger partial charge on any atom is 0.350 e. The van der Waals surface area contributed by atoms with Gasteiger partial charge in [0.15, 0.2) is 0 Å². The molecule has 0 fully saturated rings. The number of hydrogen-bond acceptors (Lipinski definition) is 5. The normalized spacial score (nSPS) is 10.2. The average molecular weight is 334 g/mol. The average Bonchev–Trinajstić information content (AvgIpc) is 3.03. The van der Waals surface area contributed by atoms with Gasteiger partial charge in [-0.2, -0.15) is 5.26 Å². The molecule has 0 bridgehead atoms. The molecule has 0 radical (unpaired) electrons. The van der Waals surface area contributed by atoms with Gasteiger partial charge < -0.3 is 4.74 Å². The summed E-state index contributed by atoms with van der Waals surface area (Å²) in [7, 11) is 0. The molecule has 3 aromatic rings. The zero-order valence-electron chi connectivity index (χ0n) is 13.0. The van der Waals surface area contributed by atoms with E-state index in [4.69, 9.17) is 10.00 Å². The Bertz CT molecular complexity index is 893. The summed E-state index contributed by atoms with van der Waals surface area (Å²) in [4.78, 5) is 17.3. The van der Waals surface area contributed by atoms with E-state index < -0.39 is 0 Å². The standard InChI is InChI=1S/C19H14N2O2S/c1-13-17(24-18(21-13)16-5-3-2-4-6-16)19(22)23-12-15-9-7-14(11-20)8-10-15/h2-10H,12H2,1H3. The SMILES string of the molecule is Cc1nc(-c2ccccc2)sc1C(=O)OCc1ccc(C#N)cc1. The Kier molecular flexibility index (Phi) is 4.69. The Morgan fingerprint density at radius 3 is 2.54 bits per heavy atom. The number of hydrogen-bond donors (Lipinski definition) is 0. The second kappa shape index (κ2) is 7.07. The Morgan fingerprint density at radius 2 is 1.88 bits per heavy atom. The first-order valence-electron chi connectivity index (χ1n) is 7.36. The van der Waals surface area contributed by atoms with Crippen LogP contribution in [0.1, 0.15) is 26.5 Å². The minimum Gasteiger partial charge on any atom is -0.457 e. The zero-order chi connectivity index (χ0) is 16.9. The van der Waals surface area contributed by atoms with Gasteiger partial charge in [0.05, 0.1) is 17.3 Å². The van der Waals surface area contributed by atoms with Crippen molar-refractivity contribution in [2.75, 3.05) is 0 Å². The third-order valence-electron chi connectivity index (χ3n) is 3.46. The maximum absolute atomic E-state index is 12.3. The molecule has 2 aromatic carbocycles. The molecule has 0 atom stereocenters. The van der Waals surface area contributed by atoms with Crippen LogP contribution in [0.5, 0.6) is 0 Å². The number of nitrogens with zero attached hydrogens (tertiary/aromatic N) is 2. The summed E-state index contributed by atoms with van der Waals surface area (Å²) < 4.78 is 5.37. The molecule has 0 aliphatic heterocycles. The Hall–Kier alpha value is -2.97. The van der Waals surface area contributed by atoms with Gasteiger partial charge in [-0.25, -0.2) is 9.78 Å². The molecular formula is C19H14N2O2S. The second-order valence-corrected chi connectivity index (χ2v) is 6.18. The smallest absolute Gasteiger partial charge is 0.350 e. The van der Waals surface area contributed by atoms with E-state index in [9.17, 15) is 4.79 Å². The van der Waals surface area contributed by atoms with Gasteiger partial charge in [-0.3, -0.25) is 0 Å². The van der Waals surface area contributed by atoms with Crippen LogP contribution in [0.15, 0.2) is 54.6 Å². The van der Waals surface area contributed by atoms with Gasteiger partial charge in [-0.15, -0.1) is 11.3 Å². The number of carbonyl (C=O) groups excluding carboxylic acids is 1. The Balaban J connectivity index is 1.71. The van der Waals surface area contributed by atoms with Crippen LogP contribution in [0.25, 0.3) is 10.6 Å². The molecule has 0 aliphatic carbocycles. The molecule has 5 heteroatoms. The molecule has 0 unspecified atom stereocenters. The van der Waals surface area contributed by atoms with E-state index in [0.29, 0.717) is 16.1 Å². The fourth-order valence-electron chi connectivity index (χ4n) is 2.18. The summed E-state index contributed by atoms with van der Waals surface area (Å²) in [5.74, 6) is -0.378. The topological polar surface area (TPSA) is 63.0 Å². The van der Waals surface area contributed by atoms with Crippen LogP contribution in [0.4, 0.5) is 0 Å². The second-order valence-electron chi connectivity index (χ2n) is 5.18. The van der Waals surface area contributed by atoms with Gasteiger partial charge in [0.25, 0.3) is 0 Å². The van der Waals surface area contributed by atoms with Crippen molar-refractivity contribution >= 4 is 17.3 Å². The van der Waals surface area contributed by atoms with E-state index in [1.54, 1.807) is 31.2 Å². The van der Waals surface area contributed by atoms with Gasteiger partial charge in [-0.05, 0) is 24.6 Å². The fourth-order valence-corrected chi connectivity index (χ4v) is 3.15. The molecule has 0 spiro atoms. The summed E-state index contributed by atoms with van der Waals surface area (Å²) in [6.07, 6.45) is 0. The minimum atomic E-state index is -0.378. The first-order chi connectivity index (χ1) is 11.7. The number of benzene rings is 2. The van der Waals surface area contributed by atoms with E-state index in [1.165, 1.54) is 11.3 Å². The van der Waals surface area contributed by atoms with Crippen LogP contribution < -0.4 is 0 Å². The molecule has 0 aliphatic rings. The summed E-state index contributed by atoms with van der Waals surface area (Å²) in [6, 6.07) is 18.8. The molecule has 118 valence electrons. The van der Waals surface area contributed by atoms with Crippen molar-refractivity contribution in [2.24, 2.45) is 0 Å². The fraction of sp³-hybridized carbons (Fsp3) is 0.105. The molecule has 1 heterocycles. The number of nitriles is 1. The molecule has 1 aromatic heterocycles. The first-order valence-corrected chi connectivity index (χ1v) is 8.18. The minimum absolute atomic E-state index is 0.169. The number of aryl methyl sites for hydroxylation is 1. The lowest BCUT2D eigenvalue weighted by Gasteiger charge is -2.03. The number of carbonyl (C=O) groups is 1. The third-order valence-corrected chi connectivity index (χ3v) is 4.64. The highest BCUT2D eigenvalue weighted by Crippen LogP contribution is 2.28. The highest BCUT2D eigenvalue weighted by atomic mass is 32.1. The maximum atomic E-state index is 12.3. The van der Waals surface area contributed by atoms with Crippen molar-refractivity contribution in [2.45, 2.75) is 13.5 Å². The van der Waals surface area contributed by atoms with E-state index in [2.05, 4.69) is 11.1 Å². The van der Waals surface area contributed by atoms with Gasteiger partial charge in [0.2, 0.25) is 0 Å². The molecule has 4 nitrogen and oxygen atoms in total. The molecule has 0 N–H and O–H groups in total. The monoisotopic (exact) mass is 334 g/mol. The number of esters is 1. The highest BCUT2D eigenvalue weighted by Gasteiger charge is 2.17. The molecule has 24 heavy (non-hydrogen) atoms. The lowest BCUT2D eigenvalue weighted by atomic mass is 10.2. The summed E-state index contributed by atoms with van der Waals surface area (Å²) in [5, 5.41) is 9.59. The van der Waals surface area contributed by atoms with Crippen molar-refractivity contribution in [1.82, 2.24) is 4.98 Å².